The van der Waals surface area contributed by atoms with Gasteiger partial charge >= 0.3 is 0 Å². The van der Waals surface area contributed by atoms with Crippen molar-refractivity contribution in [2.75, 3.05) is 25.8 Å². The Kier molecular flexibility index (Phi) is 5.93. The highest BCUT2D eigenvalue weighted by Crippen LogP contribution is 2.44. The van der Waals surface area contributed by atoms with E-state index < -0.39 is 6.04 Å². The smallest absolute Gasteiger partial charge is 0.245 e. The van der Waals surface area contributed by atoms with Gasteiger partial charge < -0.3 is 29.7 Å². The van der Waals surface area contributed by atoms with Gasteiger partial charge in [-0.05, 0) is 29.3 Å². The summed E-state index contributed by atoms with van der Waals surface area (Å²) in [4.78, 5) is 32.9. The van der Waals surface area contributed by atoms with Crippen LogP contribution >= 0.6 is 0 Å². The van der Waals surface area contributed by atoms with E-state index in [1.807, 2.05) is 60.7 Å². The minimum Gasteiger partial charge on any atom is -0.454 e. The number of nitrogens with zero attached hydrogens (tertiary/aromatic N) is 4. The van der Waals surface area contributed by atoms with Crippen LogP contribution in [0.1, 0.15) is 22.9 Å². The molecule has 1 saturated heterocycles. The number of likely N-dealkylation sites (N-methyl/N-ethyl adjacent to an activating group) is 1. The SMILES string of the molecule is CN1CC(=O)N2[C@H](c3ccc4c(c3)OCO4)c3[nH]c4ccccc4c3C[C@@H]2C1=O.NNc1nncc2ccccc12. The maximum absolute atomic E-state index is 13.1. The quantitative estimate of drug-likeness (QED) is 0.226. The van der Waals surface area contributed by atoms with Crippen molar-refractivity contribution in [2.24, 2.45) is 5.84 Å². The largest absolute Gasteiger partial charge is 0.454 e. The fourth-order valence-electron chi connectivity index (χ4n) is 5.97. The van der Waals surface area contributed by atoms with E-state index in [1.54, 1.807) is 18.1 Å². The fourth-order valence-corrected chi connectivity index (χ4v) is 5.97. The molecule has 3 aliphatic rings. The van der Waals surface area contributed by atoms with Gasteiger partial charge in [0.15, 0.2) is 17.3 Å². The first-order valence-corrected chi connectivity index (χ1v) is 13.3. The molecule has 2 amide bonds. The second-order valence-corrected chi connectivity index (χ2v) is 10.2. The summed E-state index contributed by atoms with van der Waals surface area (Å²) in [6.45, 7) is 0.279. The van der Waals surface area contributed by atoms with Crippen molar-refractivity contribution in [1.82, 2.24) is 25.0 Å². The van der Waals surface area contributed by atoms with Crippen molar-refractivity contribution in [3.05, 3.63) is 89.7 Å². The van der Waals surface area contributed by atoms with E-state index in [1.165, 1.54) is 4.90 Å². The number of rotatable bonds is 2. The van der Waals surface area contributed by atoms with Crippen molar-refractivity contribution in [2.45, 2.75) is 18.5 Å². The Bertz CT molecular complexity index is 1810. The van der Waals surface area contributed by atoms with Crippen molar-refractivity contribution < 1.29 is 19.1 Å². The molecule has 0 spiro atoms. The number of carbonyl (C=O) groups is 2. The molecule has 41 heavy (non-hydrogen) atoms. The van der Waals surface area contributed by atoms with Gasteiger partial charge in [0.1, 0.15) is 6.04 Å². The molecule has 1 fully saturated rings. The first-order chi connectivity index (χ1) is 20.0. The van der Waals surface area contributed by atoms with E-state index in [2.05, 4.69) is 26.7 Å². The number of para-hydroxylation sites is 1. The van der Waals surface area contributed by atoms with Gasteiger partial charge in [-0.3, -0.25) is 9.59 Å². The number of hydrogen-bond donors (Lipinski definition) is 3. The molecule has 0 saturated carbocycles. The number of hydrazine groups is 1. The van der Waals surface area contributed by atoms with Crippen LogP contribution in [0.4, 0.5) is 5.82 Å². The molecule has 3 aliphatic heterocycles. The highest BCUT2D eigenvalue weighted by Gasteiger charge is 2.47. The van der Waals surface area contributed by atoms with Crippen molar-refractivity contribution in [3.8, 4) is 11.5 Å². The summed E-state index contributed by atoms with van der Waals surface area (Å²) < 4.78 is 11.0. The molecule has 0 bridgehead atoms. The monoisotopic (exact) mass is 549 g/mol. The zero-order chi connectivity index (χ0) is 28.1. The lowest BCUT2D eigenvalue weighted by Gasteiger charge is -2.46. The number of nitrogens with two attached hydrogens (primary N) is 1. The summed E-state index contributed by atoms with van der Waals surface area (Å²) in [5, 5.41) is 10.7. The predicted octanol–water partition coefficient (Wildman–Crippen LogP) is 3.13. The number of aromatic amines is 1. The van der Waals surface area contributed by atoms with Crippen LogP contribution in [0.15, 0.2) is 72.9 Å². The van der Waals surface area contributed by atoms with Gasteiger partial charge in [0.05, 0.1) is 18.8 Å². The van der Waals surface area contributed by atoms with Gasteiger partial charge in [0, 0.05) is 40.8 Å². The lowest BCUT2D eigenvalue weighted by atomic mass is 9.86. The maximum Gasteiger partial charge on any atom is 0.245 e. The van der Waals surface area contributed by atoms with Crippen LogP contribution in [-0.2, 0) is 16.0 Å². The number of H-pyrrole nitrogens is 1. The van der Waals surface area contributed by atoms with Crippen molar-refractivity contribution in [1.29, 1.82) is 0 Å². The average molecular weight is 550 g/mol. The first kappa shape index (κ1) is 24.9. The number of piperazine rings is 1. The summed E-state index contributed by atoms with van der Waals surface area (Å²) in [6.07, 6.45) is 2.21. The van der Waals surface area contributed by atoms with Crippen LogP contribution in [0, 0.1) is 0 Å². The number of nitrogens with one attached hydrogen (secondary N) is 2. The number of aromatic nitrogens is 3. The maximum atomic E-state index is 13.1. The van der Waals surface area contributed by atoms with Crippen LogP contribution in [0.5, 0.6) is 11.5 Å². The number of amides is 2. The molecule has 4 N–H and O–H groups in total. The topological polar surface area (TPSA) is 139 Å². The number of carbonyl (C=O) groups excluding carboxylic acids is 2. The van der Waals surface area contributed by atoms with E-state index >= 15 is 0 Å². The Balaban J connectivity index is 0.000000193. The van der Waals surface area contributed by atoms with Gasteiger partial charge in [0.25, 0.3) is 0 Å². The Morgan fingerprint density at radius 3 is 2.63 bits per heavy atom. The van der Waals surface area contributed by atoms with E-state index in [0.29, 0.717) is 23.7 Å². The van der Waals surface area contributed by atoms with Gasteiger partial charge in [-0.1, -0.05) is 48.5 Å². The van der Waals surface area contributed by atoms with Gasteiger partial charge in [-0.15, -0.1) is 5.10 Å². The van der Waals surface area contributed by atoms with Crippen molar-refractivity contribution >= 4 is 39.3 Å². The summed E-state index contributed by atoms with van der Waals surface area (Å²) >= 11 is 0. The van der Waals surface area contributed by atoms with Gasteiger partial charge in [-0.25, -0.2) is 5.84 Å². The highest BCUT2D eigenvalue weighted by molar-refractivity contribution is 5.97. The lowest BCUT2D eigenvalue weighted by molar-refractivity contribution is -0.157. The third-order valence-electron chi connectivity index (χ3n) is 7.87. The molecule has 0 radical (unpaired) electrons. The van der Waals surface area contributed by atoms with Crippen molar-refractivity contribution in [3.63, 3.8) is 0 Å². The number of ether oxygens (including phenoxy) is 2. The zero-order valence-corrected chi connectivity index (χ0v) is 22.2. The highest BCUT2D eigenvalue weighted by atomic mass is 16.7. The molecule has 206 valence electrons. The second-order valence-electron chi connectivity index (χ2n) is 10.2. The van der Waals surface area contributed by atoms with Gasteiger partial charge in [0.2, 0.25) is 18.6 Å². The van der Waals surface area contributed by atoms with E-state index in [4.69, 9.17) is 15.3 Å². The molecule has 8 rings (SSSR count). The summed E-state index contributed by atoms with van der Waals surface area (Å²) in [6, 6.07) is 20.7. The van der Waals surface area contributed by atoms with Crippen LogP contribution in [0.25, 0.3) is 21.7 Å². The molecule has 0 unspecified atom stereocenters. The molecule has 0 aliphatic carbocycles. The number of hydrogen-bond acceptors (Lipinski definition) is 8. The first-order valence-electron chi connectivity index (χ1n) is 13.3. The van der Waals surface area contributed by atoms with E-state index in [-0.39, 0.29) is 31.2 Å². The number of benzene rings is 3. The Morgan fingerprint density at radius 1 is 1.00 bits per heavy atom. The van der Waals surface area contributed by atoms with Gasteiger partial charge in [-0.2, -0.15) is 5.10 Å². The van der Waals surface area contributed by atoms with E-state index in [9.17, 15) is 9.59 Å². The molecule has 5 aromatic rings. The summed E-state index contributed by atoms with van der Waals surface area (Å²) in [5.74, 6) is 7.15. The lowest BCUT2D eigenvalue weighted by Crippen LogP contribution is -2.62. The Morgan fingerprint density at radius 2 is 1.78 bits per heavy atom. The number of fused-ring (bicyclic) bond motifs is 6. The minimum atomic E-state index is -0.511. The molecular weight excluding hydrogens is 522 g/mol. The average Bonchev–Trinajstić information content (AvgIpc) is 3.63. The minimum absolute atomic E-state index is 0.0220. The standard InChI is InChI=1S/C22H19N3O4.C8H8N4/c1-24-10-19(26)25-16(22(24)27)9-14-13-4-2-3-5-15(13)23-20(14)21(25)12-6-7-17-18(8-12)29-11-28-17;9-11-8-7-4-2-1-3-6(7)5-10-12-8/h2-8,16,21,23H,9-11H2,1H3;1-5H,9H2,(H,11,12)/t16-,21-;/m1./s1. The Hall–Kier alpha value is -5.16. The van der Waals surface area contributed by atoms with Crippen LogP contribution in [0.2, 0.25) is 0 Å². The fraction of sp³-hybridized carbons (Fsp3) is 0.200. The molecule has 11 heteroatoms. The molecule has 3 aromatic carbocycles. The molecule has 5 heterocycles. The van der Waals surface area contributed by atoms with Crippen LogP contribution in [0.3, 0.4) is 0 Å². The van der Waals surface area contributed by atoms with Crippen LogP contribution < -0.4 is 20.7 Å². The summed E-state index contributed by atoms with van der Waals surface area (Å²) in [7, 11) is 1.69. The molecule has 2 atom stereocenters. The summed E-state index contributed by atoms with van der Waals surface area (Å²) in [5.41, 5.74) is 6.47. The van der Waals surface area contributed by atoms with Crippen LogP contribution in [-0.4, -0.2) is 63.2 Å². The Labute approximate surface area is 234 Å². The molecule has 11 nitrogen and oxygen atoms in total. The van der Waals surface area contributed by atoms with E-state index in [0.717, 1.165) is 38.5 Å². The molecular formula is C30H27N7O4. The predicted molar refractivity (Wildman–Crippen MR) is 152 cm³/mol. The molecule has 2 aromatic heterocycles. The zero-order valence-electron chi connectivity index (χ0n) is 22.2. The third kappa shape index (κ3) is 4.09. The normalized spacial score (nSPS) is 19.1. The number of anilines is 1. The third-order valence-corrected chi connectivity index (χ3v) is 7.87. The second kappa shape index (κ2) is 9.79. The number of nitrogen functional groups attached to an aromatic ring is 1.